The number of nitrogens with zero attached hydrogens (tertiary/aromatic N) is 3. The monoisotopic (exact) mass is 288 g/mol. The molecular formula is C17H28N4. The van der Waals surface area contributed by atoms with E-state index in [0.29, 0.717) is 6.04 Å². The second kappa shape index (κ2) is 7.23. The highest BCUT2D eigenvalue weighted by Gasteiger charge is 2.22. The summed E-state index contributed by atoms with van der Waals surface area (Å²) in [6, 6.07) is 6.87. The van der Waals surface area contributed by atoms with Crippen LogP contribution in [-0.4, -0.2) is 55.7 Å². The maximum atomic E-state index is 4.46. The van der Waals surface area contributed by atoms with E-state index in [9.17, 15) is 0 Å². The molecule has 1 N–H and O–H groups in total. The number of aromatic nitrogens is 1. The number of hydrogen-bond donors (Lipinski definition) is 1. The molecule has 2 saturated heterocycles. The van der Waals surface area contributed by atoms with Crippen molar-refractivity contribution in [3.05, 3.63) is 24.4 Å². The standard InChI is InChI=1S/C17H28N4/c1-20-10-4-5-15(14-20)13-19-16-7-11-21(12-8-16)17-6-2-3-9-18-17/h2-3,6,9,15-16,19H,4-5,7-8,10-14H2,1H3. The molecule has 1 unspecified atom stereocenters. The lowest BCUT2D eigenvalue weighted by Gasteiger charge is -2.35. The molecule has 4 nitrogen and oxygen atoms in total. The molecule has 2 aliphatic rings. The number of rotatable bonds is 4. The summed E-state index contributed by atoms with van der Waals surface area (Å²) in [4.78, 5) is 9.34. The topological polar surface area (TPSA) is 31.4 Å². The molecule has 2 fully saturated rings. The zero-order valence-corrected chi connectivity index (χ0v) is 13.2. The van der Waals surface area contributed by atoms with Gasteiger partial charge in [0.1, 0.15) is 5.82 Å². The van der Waals surface area contributed by atoms with Crippen LogP contribution in [-0.2, 0) is 0 Å². The van der Waals surface area contributed by atoms with Crippen LogP contribution in [0.2, 0.25) is 0 Å². The Bertz CT molecular complexity index is 414. The second-order valence-electron chi connectivity index (χ2n) is 6.63. The quantitative estimate of drug-likeness (QED) is 0.918. The van der Waals surface area contributed by atoms with Crippen molar-refractivity contribution in [1.29, 1.82) is 0 Å². The Morgan fingerprint density at radius 2 is 2.05 bits per heavy atom. The lowest BCUT2D eigenvalue weighted by molar-refractivity contribution is 0.200. The van der Waals surface area contributed by atoms with Gasteiger partial charge in [-0.3, -0.25) is 0 Å². The molecule has 2 aliphatic heterocycles. The molecule has 3 rings (SSSR count). The van der Waals surface area contributed by atoms with Crippen molar-refractivity contribution in [3.8, 4) is 0 Å². The van der Waals surface area contributed by atoms with Crippen molar-refractivity contribution < 1.29 is 0 Å². The number of anilines is 1. The average molecular weight is 288 g/mol. The van der Waals surface area contributed by atoms with Gasteiger partial charge in [0.05, 0.1) is 0 Å². The van der Waals surface area contributed by atoms with E-state index in [0.717, 1.165) is 24.8 Å². The van der Waals surface area contributed by atoms with Crippen LogP contribution in [0.25, 0.3) is 0 Å². The SMILES string of the molecule is CN1CCCC(CNC2CCN(c3ccccn3)CC2)C1. The number of likely N-dealkylation sites (tertiary alicyclic amines) is 1. The molecule has 4 heteroatoms. The Morgan fingerprint density at radius 1 is 1.19 bits per heavy atom. The van der Waals surface area contributed by atoms with E-state index in [1.165, 1.54) is 45.3 Å². The van der Waals surface area contributed by atoms with Crippen molar-refractivity contribution in [3.63, 3.8) is 0 Å². The molecule has 116 valence electrons. The zero-order valence-electron chi connectivity index (χ0n) is 13.2. The highest BCUT2D eigenvalue weighted by atomic mass is 15.2. The average Bonchev–Trinajstić information content (AvgIpc) is 2.54. The van der Waals surface area contributed by atoms with Gasteiger partial charge in [-0.15, -0.1) is 0 Å². The summed E-state index contributed by atoms with van der Waals surface area (Å²) < 4.78 is 0. The Kier molecular flexibility index (Phi) is 5.09. The van der Waals surface area contributed by atoms with Crippen molar-refractivity contribution in [2.75, 3.05) is 44.7 Å². The largest absolute Gasteiger partial charge is 0.357 e. The molecule has 1 atom stereocenters. The Morgan fingerprint density at radius 3 is 2.76 bits per heavy atom. The van der Waals surface area contributed by atoms with Gasteiger partial charge in [0.15, 0.2) is 0 Å². The van der Waals surface area contributed by atoms with Gasteiger partial charge in [-0.05, 0) is 63.9 Å². The molecule has 0 radical (unpaired) electrons. The first kappa shape index (κ1) is 14.8. The third-order valence-corrected chi connectivity index (χ3v) is 4.89. The van der Waals surface area contributed by atoms with Gasteiger partial charge in [0.25, 0.3) is 0 Å². The molecule has 0 aromatic carbocycles. The normalized spacial score (nSPS) is 25.2. The highest BCUT2D eigenvalue weighted by Crippen LogP contribution is 2.18. The van der Waals surface area contributed by atoms with Crippen molar-refractivity contribution >= 4 is 5.82 Å². The van der Waals surface area contributed by atoms with Crippen LogP contribution in [0.3, 0.4) is 0 Å². The first-order chi connectivity index (χ1) is 10.3. The minimum absolute atomic E-state index is 0.692. The fraction of sp³-hybridized carbons (Fsp3) is 0.706. The molecule has 0 bridgehead atoms. The molecule has 1 aromatic rings. The third kappa shape index (κ3) is 4.17. The van der Waals surface area contributed by atoms with Crippen molar-refractivity contribution in [2.24, 2.45) is 5.92 Å². The summed E-state index contributed by atoms with van der Waals surface area (Å²) in [5.41, 5.74) is 0. The third-order valence-electron chi connectivity index (χ3n) is 4.89. The molecule has 0 spiro atoms. The van der Waals surface area contributed by atoms with Crippen LogP contribution in [0.1, 0.15) is 25.7 Å². The van der Waals surface area contributed by atoms with Gasteiger partial charge >= 0.3 is 0 Å². The van der Waals surface area contributed by atoms with E-state index < -0.39 is 0 Å². The first-order valence-corrected chi connectivity index (χ1v) is 8.39. The highest BCUT2D eigenvalue weighted by molar-refractivity contribution is 5.38. The van der Waals surface area contributed by atoms with E-state index in [1.807, 2.05) is 12.3 Å². The van der Waals surface area contributed by atoms with Crippen LogP contribution in [0.4, 0.5) is 5.82 Å². The second-order valence-corrected chi connectivity index (χ2v) is 6.63. The Balaban J connectivity index is 1.40. The predicted octanol–water partition coefficient (Wildman–Crippen LogP) is 1.98. The van der Waals surface area contributed by atoms with E-state index in [-0.39, 0.29) is 0 Å². The fourth-order valence-electron chi connectivity index (χ4n) is 3.63. The number of nitrogens with one attached hydrogen (secondary N) is 1. The zero-order chi connectivity index (χ0) is 14.5. The summed E-state index contributed by atoms with van der Waals surface area (Å²) >= 11 is 0. The summed E-state index contributed by atoms with van der Waals surface area (Å²) in [5.74, 6) is 1.97. The number of pyridine rings is 1. The minimum atomic E-state index is 0.692. The molecule has 0 amide bonds. The maximum absolute atomic E-state index is 4.46. The lowest BCUT2D eigenvalue weighted by Crippen LogP contribution is -2.46. The van der Waals surface area contributed by atoms with E-state index in [1.54, 1.807) is 0 Å². The minimum Gasteiger partial charge on any atom is -0.357 e. The Hall–Kier alpha value is -1.13. The molecule has 1 aromatic heterocycles. The Labute approximate surface area is 128 Å². The van der Waals surface area contributed by atoms with Crippen molar-refractivity contribution in [1.82, 2.24) is 15.2 Å². The van der Waals surface area contributed by atoms with Crippen LogP contribution in [0.5, 0.6) is 0 Å². The summed E-state index contributed by atoms with van der Waals surface area (Å²) in [5, 5.41) is 3.81. The molecule has 3 heterocycles. The van der Waals surface area contributed by atoms with Crippen LogP contribution in [0.15, 0.2) is 24.4 Å². The number of piperidine rings is 2. The van der Waals surface area contributed by atoms with Gasteiger partial charge in [0, 0.05) is 31.9 Å². The van der Waals surface area contributed by atoms with Gasteiger partial charge in [0.2, 0.25) is 0 Å². The van der Waals surface area contributed by atoms with Crippen LogP contribution in [0, 0.1) is 5.92 Å². The summed E-state index contributed by atoms with van der Waals surface area (Å²) in [6.07, 6.45) is 7.11. The number of hydrogen-bond acceptors (Lipinski definition) is 4. The predicted molar refractivity (Wildman–Crippen MR) is 87.7 cm³/mol. The lowest BCUT2D eigenvalue weighted by atomic mass is 9.97. The summed E-state index contributed by atoms with van der Waals surface area (Å²) in [6.45, 7) is 5.98. The van der Waals surface area contributed by atoms with E-state index in [2.05, 4.69) is 39.3 Å². The molecular weight excluding hydrogens is 260 g/mol. The fourth-order valence-corrected chi connectivity index (χ4v) is 3.63. The molecule has 21 heavy (non-hydrogen) atoms. The maximum Gasteiger partial charge on any atom is 0.128 e. The van der Waals surface area contributed by atoms with Gasteiger partial charge in [-0.1, -0.05) is 6.07 Å². The van der Waals surface area contributed by atoms with E-state index in [4.69, 9.17) is 0 Å². The van der Waals surface area contributed by atoms with Gasteiger partial charge in [-0.25, -0.2) is 4.98 Å². The molecule has 0 aliphatic carbocycles. The van der Waals surface area contributed by atoms with Crippen LogP contribution >= 0.6 is 0 Å². The molecule has 0 saturated carbocycles. The van der Waals surface area contributed by atoms with Gasteiger partial charge < -0.3 is 15.1 Å². The van der Waals surface area contributed by atoms with Gasteiger partial charge in [-0.2, -0.15) is 0 Å². The smallest absolute Gasteiger partial charge is 0.128 e. The van der Waals surface area contributed by atoms with Crippen LogP contribution < -0.4 is 10.2 Å². The first-order valence-electron chi connectivity index (χ1n) is 8.39. The van der Waals surface area contributed by atoms with E-state index >= 15 is 0 Å². The summed E-state index contributed by atoms with van der Waals surface area (Å²) in [7, 11) is 2.25. The van der Waals surface area contributed by atoms with Crippen molar-refractivity contribution in [2.45, 2.75) is 31.7 Å².